The Labute approximate surface area is 40.6 Å². The molecule has 0 atom stereocenters. The van der Waals surface area contributed by atoms with Crippen molar-refractivity contribution in [1.82, 2.24) is 0 Å². The molecule has 0 saturated heterocycles. The maximum atomic E-state index is 10.4. The van der Waals surface area contributed by atoms with Crippen LogP contribution in [0.25, 0.3) is 0 Å². The van der Waals surface area contributed by atoms with Crippen LogP contribution in [0.1, 0.15) is 0 Å². The van der Waals surface area contributed by atoms with E-state index in [1.807, 2.05) is 0 Å². The summed E-state index contributed by atoms with van der Waals surface area (Å²) in [5, 5.41) is 0. The molecule has 0 saturated carbocycles. The summed E-state index contributed by atoms with van der Waals surface area (Å²) in [4.78, 5) is 0. The Balaban J connectivity index is 2.32. The van der Waals surface area contributed by atoms with Gasteiger partial charge >= 0.3 is 40.4 Å². The van der Waals surface area contributed by atoms with Crippen molar-refractivity contribution in [3.8, 4) is 0 Å². The molecule has 0 amide bonds. The number of hydrogen-bond donors (Lipinski definition) is 0. The minimum absolute atomic E-state index is 0.0154. The maximum absolute atomic E-state index is 10.4. The fourth-order valence-corrected chi connectivity index (χ4v) is 0. The van der Waals surface area contributed by atoms with Crippen LogP contribution < -0.4 is 0 Å². The van der Waals surface area contributed by atoms with Gasteiger partial charge in [0.1, 0.15) is 0 Å². The zero-order valence-corrected chi connectivity index (χ0v) is 4.33. The quantitative estimate of drug-likeness (QED) is 0.364. The number of hydrogen-bond acceptors (Lipinski definition) is 0. The first kappa shape index (κ1) is 4.86. The fraction of sp³-hybridized carbons (Fsp3) is 1.00. The van der Waals surface area contributed by atoms with E-state index in [0.29, 0.717) is 0 Å². The zero-order valence-electron chi connectivity index (χ0n) is 2.33. The molecule has 20 valence electrons. The van der Waals surface area contributed by atoms with Crippen molar-refractivity contribution in [1.29, 1.82) is 0 Å². The average molecular weight is 74.0 g/mol. The first-order valence-electron chi connectivity index (χ1n) is 1.01. The van der Waals surface area contributed by atoms with Crippen LogP contribution in [0.3, 0.4) is 0 Å². The average Bonchev–Trinajstić information content (AvgIpc) is 0.811. The Bertz CT molecular complexity index is 10.8. The van der Waals surface area contributed by atoms with Crippen molar-refractivity contribution >= 4 is 27.9 Å². The van der Waals surface area contributed by atoms with E-state index in [4.69, 9.17) is 0 Å². The number of halogens is 2. The number of rotatable bonds is 0. The van der Waals surface area contributed by atoms with Crippen LogP contribution in [0.15, 0.2) is 0 Å². The van der Waals surface area contributed by atoms with E-state index >= 15 is 0 Å². The molecule has 0 bridgehead atoms. The monoisotopic (exact) mass is 74.0 g/mol. The number of alkyl halides is 2. The molecule has 0 spiro atoms. The van der Waals surface area contributed by atoms with Crippen molar-refractivity contribution in [2.75, 3.05) is 0 Å². The molecular weight excluding hydrogens is 73.0 g/mol. The van der Waals surface area contributed by atoms with Gasteiger partial charge in [0, 0.05) is 0 Å². The summed E-state index contributed by atoms with van der Waals surface area (Å²) in [5.74, 6) is 0. The summed E-state index contributed by atoms with van der Waals surface area (Å²) in [6, 6.07) is 0. The second kappa shape index (κ2) is 2.12. The third kappa shape index (κ3) is 13.4. The molecule has 4 heavy (non-hydrogen) atoms. The second-order valence-corrected chi connectivity index (χ2v) is 1.39. The molecule has 0 radical (unpaired) electrons. The molecule has 0 aliphatic heterocycles. The van der Waals surface area contributed by atoms with Crippen molar-refractivity contribution in [2.45, 2.75) is 3.67 Å². The summed E-state index contributed by atoms with van der Waals surface area (Å²) < 4.78 is 18.8. The van der Waals surface area contributed by atoms with Gasteiger partial charge in [-0.25, -0.2) is 0 Å². The van der Waals surface area contributed by atoms with Crippen LogP contribution in [0.5, 0.6) is 0 Å². The van der Waals surface area contributed by atoms with Crippen LogP contribution in [0.4, 0.5) is 8.78 Å². The predicted octanol–water partition coefficient (Wildman–Crippen LogP) is 0.377. The molecule has 0 heterocycles. The van der Waals surface area contributed by atoms with Crippen molar-refractivity contribution in [3.63, 3.8) is 0 Å². The van der Waals surface area contributed by atoms with Gasteiger partial charge in [0.2, 0.25) is 0 Å². The third-order valence-electron chi connectivity index (χ3n) is 0. The van der Waals surface area contributed by atoms with E-state index in [1.54, 1.807) is 0 Å². The summed E-state index contributed by atoms with van der Waals surface area (Å²) in [5.41, 5.74) is 0. The molecule has 0 aromatic rings. The third-order valence-corrected chi connectivity index (χ3v) is 0. The molecular formula is CHF2Na. The topological polar surface area (TPSA) is 0 Å². The van der Waals surface area contributed by atoms with Gasteiger partial charge in [0.25, 0.3) is 0 Å². The van der Waals surface area contributed by atoms with Gasteiger partial charge in [-0.2, -0.15) is 0 Å². The van der Waals surface area contributed by atoms with Gasteiger partial charge in [-0.15, -0.1) is 0 Å². The van der Waals surface area contributed by atoms with E-state index < -0.39 is 3.67 Å². The van der Waals surface area contributed by atoms with Crippen molar-refractivity contribution in [2.24, 2.45) is 0 Å². The molecule has 0 nitrogen and oxygen atoms in total. The summed E-state index contributed by atoms with van der Waals surface area (Å²) in [6.45, 7) is 0. The molecule has 0 rings (SSSR count). The van der Waals surface area contributed by atoms with Gasteiger partial charge in [-0.05, 0) is 0 Å². The molecule has 0 fully saturated rings. The van der Waals surface area contributed by atoms with E-state index in [9.17, 15) is 8.78 Å². The SMILES string of the molecule is F[CH](F)[Na]. The summed E-state index contributed by atoms with van der Waals surface area (Å²) >= 11 is 0.0154. The van der Waals surface area contributed by atoms with Crippen LogP contribution in [0, 0.1) is 0 Å². The normalized spacial score (nSPS) is 9.25. The van der Waals surface area contributed by atoms with E-state index in [0.717, 1.165) is 0 Å². The first-order chi connectivity index (χ1) is 1.73. The summed E-state index contributed by atoms with van der Waals surface area (Å²) in [6.07, 6.45) is 0. The molecule has 3 heteroatoms. The van der Waals surface area contributed by atoms with Crippen LogP contribution in [0.2, 0.25) is 0 Å². The molecule has 0 aromatic carbocycles. The Morgan fingerprint density at radius 2 is 1.50 bits per heavy atom. The first-order valence-corrected chi connectivity index (χ1v) is 2.17. The van der Waals surface area contributed by atoms with Gasteiger partial charge in [0.05, 0.1) is 0 Å². The molecule has 0 aliphatic rings. The van der Waals surface area contributed by atoms with E-state index in [1.165, 1.54) is 0 Å². The minimum atomic E-state index is -2.03. The van der Waals surface area contributed by atoms with Crippen LogP contribution in [-0.2, 0) is 0 Å². The van der Waals surface area contributed by atoms with Gasteiger partial charge in [-0.3, -0.25) is 0 Å². The summed E-state index contributed by atoms with van der Waals surface area (Å²) in [7, 11) is 0. The Morgan fingerprint density at radius 3 is 1.50 bits per heavy atom. The fourth-order valence-electron chi connectivity index (χ4n) is 0. The van der Waals surface area contributed by atoms with E-state index in [-0.39, 0.29) is 27.9 Å². The Kier molecular flexibility index (Phi) is 2.57. The van der Waals surface area contributed by atoms with Crippen LogP contribution >= 0.6 is 0 Å². The van der Waals surface area contributed by atoms with Crippen molar-refractivity contribution < 1.29 is 8.78 Å². The molecule has 0 unspecified atom stereocenters. The second-order valence-electron chi connectivity index (χ2n) is 0.519. The Hall–Kier alpha value is 0.860. The van der Waals surface area contributed by atoms with Gasteiger partial charge in [-0.1, -0.05) is 0 Å². The molecule has 0 aliphatic carbocycles. The van der Waals surface area contributed by atoms with Gasteiger partial charge < -0.3 is 0 Å². The van der Waals surface area contributed by atoms with Crippen LogP contribution in [-0.4, -0.2) is 31.6 Å². The molecule has 0 aromatic heterocycles. The predicted molar refractivity (Wildman–Crippen MR) is 11.8 cm³/mol. The zero-order chi connectivity index (χ0) is 3.58. The molecule has 0 N–H and O–H groups in total. The van der Waals surface area contributed by atoms with E-state index in [2.05, 4.69) is 0 Å². The van der Waals surface area contributed by atoms with Gasteiger partial charge in [0.15, 0.2) is 0 Å². The Morgan fingerprint density at radius 1 is 1.50 bits per heavy atom. The standard InChI is InChI=1S/CHF2.Na/c2-1-3;/h1H;. The van der Waals surface area contributed by atoms with Crippen molar-refractivity contribution in [3.05, 3.63) is 0 Å².